The third-order valence-corrected chi connectivity index (χ3v) is 7.70. The molecule has 0 saturated heterocycles. The van der Waals surface area contributed by atoms with Crippen LogP contribution < -0.4 is 4.74 Å². The molecule has 170 valence electrons. The predicted octanol–water partition coefficient (Wildman–Crippen LogP) is 8.71. The molecule has 2 aliphatic rings. The second kappa shape index (κ2) is 11.0. The van der Waals surface area contributed by atoms with Crippen molar-refractivity contribution in [2.24, 2.45) is 17.8 Å². The Hall–Kier alpha value is -2.35. The van der Waals surface area contributed by atoms with Crippen molar-refractivity contribution in [2.45, 2.75) is 64.2 Å². The highest BCUT2D eigenvalue weighted by Crippen LogP contribution is 2.48. The van der Waals surface area contributed by atoms with Gasteiger partial charge in [-0.15, -0.1) is 0 Å². The molecule has 4 atom stereocenters. The number of allylic oxidation sites excluding steroid dienone is 2. The Bertz CT molecular complexity index is 913. The molecule has 2 aromatic rings. The van der Waals surface area contributed by atoms with Gasteiger partial charge in [-0.05, 0) is 105 Å². The van der Waals surface area contributed by atoms with Gasteiger partial charge in [-0.3, -0.25) is 0 Å². The highest BCUT2D eigenvalue weighted by molar-refractivity contribution is 5.65. The Morgan fingerprint density at radius 1 is 1.00 bits per heavy atom. The van der Waals surface area contributed by atoms with Crippen molar-refractivity contribution in [3.05, 3.63) is 78.7 Å². The Labute approximate surface area is 193 Å². The third kappa shape index (κ3) is 5.52. The van der Waals surface area contributed by atoms with Gasteiger partial charge in [0.25, 0.3) is 0 Å². The molecule has 4 rings (SSSR count). The number of benzene rings is 2. The normalized spacial score (nSPS) is 25.4. The van der Waals surface area contributed by atoms with Crippen LogP contribution in [-0.2, 0) is 0 Å². The van der Waals surface area contributed by atoms with Gasteiger partial charge in [-0.2, -0.15) is 0 Å². The van der Waals surface area contributed by atoms with Gasteiger partial charge in [0.15, 0.2) is 0 Å². The SMILES string of the molecule is C=CCOc1ccc(-c2ccc(C3CCC4CC(CC/C=C/C)CCC4C3)cc2F)cc1. The molecule has 1 nitrogen and oxygen atoms in total. The lowest BCUT2D eigenvalue weighted by molar-refractivity contribution is 0.115. The van der Waals surface area contributed by atoms with Gasteiger partial charge < -0.3 is 4.74 Å². The Balaban J connectivity index is 1.37. The minimum absolute atomic E-state index is 0.114. The van der Waals surface area contributed by atoms with Crippen molar-refractivity contribution in [2.75, 3.05) is 6.61 Å². The lowest BCUT2D eigenvalue weighted by Crippen LogP contribution is -2.30. The first-order chi connectivity index (χ1) is 15.7. The maximum absolute atomic E-state index is 15.1. The topological polar surface area (TPSA) is 9.23 Å². The van der Waals surface area contributed by atoms with Gasteiger partial charge in [-0.25, -0.2) is 4.39 Å². The molecular weight excluding hydrogens is 395 g/mol. The summed E-state index contributed by atoms with van der Waals surface area (Å²) in [6, 6.07) is 13.6. The van der Waals surface area contributed by atoms with E-state index in [1.54, 1.807) is 12.1 Å². The van der Waals surface area contributed by atoms with Crippen LogP contribution in [0.1, 0.15) is 69.8 Å². The molecule has 0 heterocycles. The van der Waals surface area contributed by atoms with Crippen molar-refractivity contribution < 1.29 is 9.13 Å². The first kappa shape index (κ1) is 22.8. The summed E-state index contributed by atoms with van der Waals surface area (Å²) in [5, 5.41) is 0. The minimum atomic E-state index is -0.114. The zero-order chi connectivity index (χ0) is 22.3. The van der Waals surface area contributed by atoms with Crippen molar-refractivity contribution in [1.29, 1.82) is 0 Å². The van der Waals surface area contributed by atoms with Crippen LogP contribution >= 0.6 is 0 Å². The van der Waals surface area contributed by atoms with Gasteiger partial charge in [0.2, 0.25) is 0 Å². The van der Waals surface area contributed by atoms with E-state index < -0.39 is 0 Å². The van der Waals surface area contributed by atoms with E-state index in [9.17, 15) is 0 Å². The van der Waals surface area contributed by atoms with E-state index in [1.165, 1.54) is 56.9 Å². The summed E-state index contributed by atoms with van der Waals surface area (Å²) >= 11 is 0. The van der Waals surface area contributed by atoms with E-state index in [0.717, 1.165) is 29.1 Å². The zero-order valence-corrected chi connectivity index (χ0v) is 19.4. The maximum atomic E-state index is 15.1. The molecule has 0 radical (unpaired) electrons. The van der Waals surface area contributed by atoms with Gasteiger partial charge in [0.05, 0.1) is 0 Å². The molecule has 0 aromatic heterocycles. The third-order valence-electron chi connectivity index (χ3n) is 7.70. The average molecular weight is 433 g/mol. The van der Waals surface area contributed by atoms with Crippen molar-refractivity contribution >= 4 is 0 Å². The summed E-state index contributed by atoms with van der Waals surface area (Å²) in [6.07, 6.45) is 16.7. The largest absolute Gasteiger partial charge is 0.490 e. The Kier molecular flexibility index (Phi) is 7.84. The summed E-state index contributed by atoms with van der Waals surface area (Å²) in [4.78, 5) is 0. The summed E-state index contributed by atoms with van der Waals surface area (Å²) in [5.74, 6) is 3.80. The van der Waals surface area contributed by atoms with Gasteiger partial charge in [0, 0.05) is 5.56 Å². The lowest BCUT2D eigenvalue weighted by atomic mass is 9.63. The first-order valence-electron chi connectivity index (χ1n) is 12.4. The molecule has 2 fully saturated rings. The molecule has 4 unspecified atom stereocenters. The van der Waals surface area contributed by atoms with Crippen molar-refractivity contribution in [3.63, 3.8) is 0 Å². The highest BCUT2D eigenvalue weighted by atomic mass is 19.1. The van der Waals surface area contributed by atoms with Crippen LogP contribution in [0.3, 0.4) is 0 Å². The van der Waals surface area contributed by atoms with Crippen LogP contribution in [0.5, 0.6) is 5.75 Å². The van der Waals surface area contributed by atoms with Crippen LogP contribution in [0, 0.1) is 23.6 Å². The van der Waals surface area contributed by atoms with Gasteiger partial charge in [0.1, 0.15) is 18.2 Å². The molecule has 0 N–H and O–H groups in total. The van der Waals surface area contributed by atoms with Gasteiger partial charge in [-0.1, -0.05) is 55.5 Å². The average Bonchev–Trinajstić information content (AvgIpc) is 2.83. The summed E-state index contributed by atoms with van der Waals surface area (Å²) < 4.78 is 20.6. The number of fused-ring (bicyclic) bond motifs is 1. The molecule has 2 saturated carbocycles. The van der Waals surface area contributed by atoms with E-state index in [0.29, 0.717) is 18.1 Å². The number of halogens is 1. The lowest BCUT2D eigenvalue weighted by Gasteiger charge is -2.42. The summed E-state index contributed by atoms with van der Waals surface area (Å²) in [5.41, 5.74) is 2.74. The summed E-state index contributed by atoms with van der Waals surface area (Å²) in [7, 11) is 0. The van der Waals surface area contributed by atoms with Crippen molar-refractivity contribution in [1.82, 2.24) is 0 Å². The van der Waals surface area contributed by atoms with E-state index in [-0.39, 0.29) is 5.82 Å². The second-order valence-corrected chi connectivity index (χ2v) is 9.72. The van der Waals surface area contributed by atoms with E-state index in [2.05, 4.69) is 31.7 Å². The molecule has 2 heteroatoms. The molecule has 0 amide bonds. The van der Waals surface area contributed by atoms with E-state index in [1.807, 2.05) is 30.3 Å². The predicted molar refractivity (Wildman–Crippen MR) is 132 cm³/mol. The van der Waals surface area contributed by atoms with Crippen LogP contribution in [0.2, 0.25) is 0 Å². The fourth-order valence-electron chi connectivity index (χ4n) is 5.96. The summed E-state index contributed by atoms with van der Waals surface area (Å²) in [6.45, 7) is 6.25. The van der Waals surface area contributed by atoms with E-state index in [4.69, 9.17) is 4.74 Å². The zero-order valence-electron chi connectivity index (χ0n) is 19.4. The number of rotatable bonds is 8. The van der Waals surface area contributed by atoms with Crippen LogP contribution in [0.4, 0.5) is 4.39 Å². The van der Waals surface area contributed by atoms with Gasteiger partial charge >= 0.3 is 0 Å². The van der Waals surface area contributed by atoms with Crippen LogP contribution in [0.15, 0.2) is 67.3 Å². The molecule has 0 bridgehead atoms. The second-order valence-electron chi connectivity index (χ2n) is 9.72. The Morgan fingerprint density at radius 3 is 2.53 bits per heavy atom. The standard InChI is InChI=1S/C30H37FO/c1-3-5-6-7-22-8-9-25-20-26(11-10-24(25)19-22)27-14-17-29(30(31)21-27)23-12-15-28(16-13-23)32-18-4-2/h3-5,12-17,21-22,24-26H,2,6-11,18-20H2,1H3/b5-3+. The highest BCUT2D eigenvalue weighted by Gasteiger charge is 2.35. The molecule has 0 aliphatic heterocycles. The fourth-order valence-corrected chi connectivity index (χ4v) is 5.96. The molecule has 0 spiro atoms. The number of ether oxygens (including phenoxy) is 1. The number of hydrogen-bond acceptors (Lipinski definition) is 1. The quantitative estimate of drug-likeness (QED) is 0.379. The molecular formula is C30H37FO. The molecule has 2 aromatic carbocycles. The van der Waals surface area contributed by atoms with E-state index >= 15 is 4.39 Å². The fraction of sp³-hybridized carbons (Fsp3) is 0.467. The molecule has 32 heavy (non-hydrogen) atoms. The first-order valence-corrected chi connectivity index (χ1v) is 12.4. The minimum Gasteiger partial charge on any atom is -0.490 e. The van der Waals surface area contributed by atoms with Crippen LogP contribution in [-0.4, -0.2) is 6.61 Å². The Morgan fingerprint density at radius 2 is 1.78 bits per heavy atom. The maximum Gasteiger partial charge on any atom is 0.131 e. The smallest absolute Gasteiger partial charge is 0.131 e. The monoisotopic (exact) mass is 432 g/mol. The number of hydrogen-bond donors (Lipinski definition) is 0. The van der Waals surface area contributed by atoms with Crippen molar-refractivity contribution in [3.8, 4) is 16.9 Å². The molecule has 2 aliphatic carbocycles. The van der Waals surface area contributed by atoms with Crippen LogP contribution in [0.25, 0.3) is 11.1 Å².